The van der Waals surface area contributed by atoms with Crippen molar-refractivity contribution in [2.75, 3.05) is 19.0 Å². The maximum Gasteiger partial charge on any atom is 0.313 e. The SMILES string of the molecule is COc1ccc(NC(=O)C(=O)NCCc2c(C)[nH]c3ccccc23)cc1. The van der Waals surface area contributed by atoms with Crippen LogP contribution in [0.4, 0.5) is 5.69 Å². The molecule has 134 valence electrons. The number of nitrogens with one attached hydrogen (secondary N) is 3. The number of carbonyl (C=O) groups excluding carboxylic acids is 2. The second kappa shape index (κ2) is 7.74. The molecule has 2 amide bonds. The van der Waals surface area contributed by atoms with Crippen LogP contribution in [-0.4, -0.2) is 30.5 Å². The van der Waals surface area contributed by atoms with Crippen LogP contribution in [0.1, 0.15) is 11.3 Å². The Labute approximate surface area is 151 Å². The number of rotatable bonds is 5. The Morgan fingerprint density at radius 2 is 1.77 bits per heavy atom. The number of fused-ring (bicyclic) bond motifs is 1. The molecule has 0 saturated heterocycles. The largest absolute Gasteiger partial charge is 0.497 e. The fourth-order valence-corrected chi connectivity index (χ4v) is 2.90. The van der Waals surface area contributed by atoms with Crippen LogP contribution in [0.3, 0.4) is 0 Å². The molecule has 0 spiro atoms. The van der Waals surface area contributed by atoms with Crippen molar-refractivity contribution in [1.29, 1.82) is 0 Å². The van der Waals surface area contributed by atoms with Gasteiger partial charge in [-0.15, -0.1) is 0 Å². The van der Waals surface area contributed by atoms with Gasteiger partial charge in [-0.1, -0.05) is 18.2 Å². The molecular formula is C20H21N3O3. The van der Waals surface area contributed by atoms with E-state index in [-0.39, 0.29) is 0 Å². The normalized spacial score (nSPS) is 10.5. The van der Waals surface area contributed by atoms with Gasteiger partial charge < -0.3 is 20.4 Å². The fourth-order valence-electron chi connectivity index (χ4n) is 2.90. The Bertz CT molecular complexity index is 929. The summed E-state index contributed by atoms with van der Waals surface area (Å²) in [5.74, 6) is -0.661. The molecule has 3 aromatic rings. The third-order valence-electron chi connectivity index (χ3n) is 4.24. The standard InChI is InChI=1S/C20H21N3O3/c1-13-16(17-5-3-4-6-18(17)22-13)11-12-21-19(24)20(25)23-14-7-9-15(26-2)10-8-14/h3-10,22H,11-12H2,1-2H3,(H,21,24)(H,23,25). The number of amides is 2. The van der Waals surface area contributed by atoms with Gasteiger partial charge in [-0.3, -0.25) is 9.59 Å². The topological polar surface area (TPSA) is 83.2 Å². The van der Waals surface area contributed by atoms with Crippen LogP contribution in [0.5, 0.6) is 5.75 Å². The number of aromatic amines is 1. The number of hydrogen-bond donors (Lipinski definition) is 3. The number of hydrogen-bond acceptors (Lipinski definition) is 3. The maximum atomic E-state index is 12.0. The molecule has 0 aliphatic rings. The molecule has 0 atom stereocenters. The summed E-state index contributed by atoms with van der Waals surface area (Å²) < 4.78 is 5.06. The van der Waals surface area contributed by atoms with Gasteiger partial charge in [0.2, 0.25) is 0 Å². The molecule has 0 saturated carbocycles. The molecule has 0 fully saturated rings. The number of carbonyl (C=O) groups is 2. The van der Waals surface area contributed by atoms with Crippen LogP contribution in [0.25, 0.3) is 10.9 Å². The highest BCUT2D eigenvalue weighted by Gasteiger charge is 2.14. The van der Waals surface area contributed by atoms with Crippen LogP contribution >= 0.6 is 0 Å². The third-order valence-corrected chi connectivity index (χ3v) is 4.24. The highest BCUT2D eigenvalue weighted by molar-refractivity contribution is 6.39. The molecular weight excluding hydrogens is 330 g/mol. The summed E-state index contributed by atoms with van der Waals surface area (Å²) in [7, 11) is 1.57. The van der Waals surface area contributed by atoms with Crippen LogP contribution in [0.15, 0.2) is 48.5 Å². The van der Waals surface area contributed by atoms with Crippen molar-refractivity contribution in [1.82, 2.24) is 10.3 Å². The molecule has 0 aliphatic heterocycles. The lowest BCUT2D eigenvalue weighted by Gasteiger charge is -2.07. The number of anilines is 1. The molecule has 1 heterocycles. The summed E-state index contributed by atoms with van der Waals surface area (Å²) >= 11 is 0. The van der Waals surface area contributed by atoms with Gasteiger partial charge in [0.05, 0.1) is 7.11 Å². The Hall–Kier alpha value is -3.28. The van der Waals surface area contributed by atoms with Gasteiger partial charge in [0.15, 0.2) is 0 Å². The maximum absolute atomic E-state index is 12.0. The molecule has 6 heteroatoms. The quantitative estimate of drug-likeness (QED) is 0.618. The zero-order valence-electron chi connectivity index (χ0n) is 14.8. The second-order valence-electron chi connectivity index (χ2n) is 5.96. The highest BCUT2D eigenvalue weighted by atomic mass is 16.5. The van der Waals surface area contributed by atoms with E-state index in [1.807, 2.05) is 31.2 Å². The first-order valence-electron chi connectivity index (χ1n) is 8.38. The predicted molar refractivity (Wildman–Crippen MR) is 101 cm³/mol. The zero-order valence-corrected chi connectivity index (χ0v) is 14.8. The molecule has 0 unspecified atom stereocenters. The van der Waals surface area contributed by atoms with Crippen molar-refractivity contribution in [2.45, 2.75) is 13.3 Å². The van der Waals surface area contributed by atoms with E-state index in [1.165, 1.54) is 0 Å². The van der Waals surface area contributed by atoms with E-state index in [0.29, 0.717) is 24.4 Å². The molecule has 0 aliphatic carbocycles. The molecule has 26 heavy (non-hydrogen) atoms. The minimum atomic E-state index is -0.689. The number of benzene rings is 2. The summed E-state index contributed by atoms with van der Waals surface area (Å²) in [6, 6.07) is 14.8. The summed E-state index contributed by atoms with van der Waals surface area (Å²) in [6.07, 6.45) is 0.650. The predicted octanol–water partition coefficient (Wildman–Crippen LogP) is 2.78. The second-order valence-corrected chi connectivity index (χ2v) is 5.96. The molecule has 0 radical (unpaired) electrons. The van der Waals surface area contributed by atoms with Crippen molar-refractivity contribution >= 4 is 28.4 Å². The summed E-state index contributed by atoms with van der Waals surface area (Å²) in [4.78, 5) is 27.3. The molecule has 2 aromatic carbocycles. The van der Waals surface area contributed by atoms with Gasteiger partial charge in [0.25, 0.3) is 0 Å². The number of aryl methyl sites for hydroxylation is 1. The van der Waals surface area contributed by atoms with Gasteiger partial charge in [0, 0.05) is 28.8 Å². The van der Waals surface area contributed by atoms with E-state index in [4.69, 9.17) is 4.74 Å². The van der Waals surface area contributed by atoms with Crippen LogP contribution < -0.4 is 15.4 Å². The van der Waals surface area contributed by atoms with Crippen molar-refractivity contribution in [3.05, 3.63) is 59.8 Å². The average Bonchev–Trinajstić information content (AvgIpc) is 2.97. The third kappa shape index (κ3) is 3.85. The van der Waals surface area contributed by atoms with Gasteiger partial charge in [-0.2, -0.15) is 0 Å². The smallest absolute Gasteiger partial charge is 0.313 e. The van der Waals surface area contributed by atoms with E-state index in [2.05, 4.69) is 15.6 Å². The lowest BCUT2D eigenvalue weighted by atomic mass is 10.1. The van der Waals surface area contributed by atoms with Gasteiger partial charge in [-0.25, -0.2) is 0 Å². The first-order chi connectivity index (χ1) is 12.6. The minimum absolute atomic E-state index is 0.386. The minimum Gasteiger partial charge on any atom is -0.497 e. The summed E-state index contributed by atoms with van der Waals surface area (Å²) in [5, 5.41) is 6.37. The van der Waals surface area contributed by atoms with Crippen molar-refractivity contribution in [2.24, 2.45) is 0 Å². The number of aromatic nitrogens is 1. The Morgan fingerprint density at radius 1 is 1.04 bits per heavy atom. The zero-order chi connectivity index (χ0) is 18.5. The van der Waals surface area contributed by atoms with Gasteiger partial charge >= 0.3 is 11.8 Å². The van der Waals surface area contributed by atoms with Crippen molar-refractivity contribution in [3.63, 3.8) is 0 Å². The van der Waals surface area contributed by atoms with Crippen molar-refractivity contribution < 1.29 is 14.3 Å². The molecule has 0 bridgehead atoms. The molecule has 3 rings (SSSR count). The van der Waals surface area contributed by atoms with Crippen LogP contribution in [0.2, 0.25) is 0 Å². The Kier molecular flexibility index (Phi) is 5.22. The molecule has 3 N–H and O–H groups in total. The van der Waals surface area contributed by atoms with Crippen LogP contribution in [-0.2, 0) is 16.0 Å². The number of ether oxygens (including phenoxy) is 1. The number of H-pyrrole nitrogens is 1. The van der Waals surface area contributed by atoms with Gasteiger partial charge in [-0.05, 0) is 49.2 Å². The fraction of sp³-hybridized carbons (Fsp3) is 0.200. The monoisotopic (exact) mass is 351 g/mol. The van der Waals surface area contributed by atoms with Gasteiger partial charge in [0.1, 0.15) is 5.75 Å². The lowest BCUT2D eigenvalue weighted by molar-refractivity contribution is -0.136. The first kappa shape index (κ1) is 17.5. The molecule has 1 aromatic heterocycles. The summed E-state index contributed by atoms with van der Waals surface area (Å²) in [5.41, 5.74) is 3.83. The molecule has 6 nitrogen and oxygen atoms in total. The van der Waals surface area contributed by atoms with E-state index < -0.39 is 11.8 Å². The Morgan fingerprint density at radius 3 is 2.50 bits per heavy atom. The number of methoxy groups -OCH3 is 1. The first-order valence-corrected chi connectivity index (χ1v) is 8.38. The Balaban J connectivity index is 1.54. The van der Waals surface area contributed by atoms with E-state index in [1.54, 1.807) is 31.4 Å². The number of para-hydroxylation sites is 1. The summed E-state index contributed by atoms with van der Waals surface area (Å²) in [6.45, 7) is 2.39. The lowest BCUT2D eigenvalue weighted by Crippen LogP contribution is -2.36. The van der Waals surface area contributed by atoms with E-state index in [0.717, 1.165) is 22.2 Å². The highest BCUT2D eigenvalue weighted by Crippen LogP contribution is 2.21. The van der Waals surface area contributed by atoms with Crippen molar-refractivity contribution in [3.8, 4) is 5.75 Å². The average molecular weight is 351 g/mol. The van der Waals surface area contributed by atoms with Crippen LogP contribution in [0, 0.1) is 6.92 Å². The van der Waals surface area contributed by atoms with E-state index in [9.17, 15) is 9.59 Å². The van der Waals surface area contributed by atoms with E-state index >= 15 is 0 Å².